The minimum Gasteiger partial charge on any atom is -0.477 e. The predicted octanol–water partition coefficient (Wildman–Crippen LogP) is 3.76. The molecule has 0 unspecified atom stereocenters. The van der Waals surface area contributed by atoms with Crippen LogP contribution in [0.2, 0.25) is 0 Å². The summed E-state index contributed by atoms with van der Waals surface area (Å²) in [7, 11) is 0. The van der Waals surface area contributed by atoms with Crippen molar-refractivity contribution in [3.63, 3.8) is 0 Å². The van der Waals surface area contributed by atoms with Gasteiger partial charge in [0.1, 0.15) is 22.3 Å². The number of pyridine rings is 1. The summed E-state index contributed by atoms with van der Waals surface area (Å²) in [4.78, 5) is 26.3. The van der Waals surface area contributed by atoms with Gasteiger partial charge in [-0.3, -0.25) is 9.69 Å². The van der Waals surface area contributed by atoms with Crippen molar-refractivity contribution in [2.24, 2.45) is 5.92 Å². The molecule has 172 valence electrons. The van der Waals surface area contributed by atoms with Gasteiger partial charge in [0, 0.05) is 24.2 Å². The molecule has 4 rings (SSSR count). The number of thiazole rings is 1. The molecule has 0 aliphatic carbocycles. The first-order valence-corrected chi connectivity index (χ1v) is 12.6. The smallest absolute Gasteiger partial charge is 0.270 e. The van der Waals surface area contributed by atoms with Crippen LogP contribution >= 0.6 is 22.7 Å². The van der Waals surface area contributed by atoms with Crippen molar-refractivity contribution in [3.05, 3.63) is 45.9 Å². The van der Waals surface area contributed by atoms with Gasteiger partial charge in [0.05, 0.1) is 17.2 Å². The van der Waals surface area contributed by atoms with Crippen molar-refractivity contribution in [3.8, 4) is 21.8 Å². The van der Waals surface area contributed by atoms with E-state index >= 15 is 0 Å². The van der Waals surface area contributed by atoms with Crippen LogP contribution in [0, 0.1) is 17.2 Å². The number of aromatic nitrogens is 2. The Labute approximate surface area is 201 Å². The Bertz CT molecular complexity index is 1130. The number of hydrogen-bond acceptors (Lipinski definition) is 9. The predicted molar refractivity (Wildman–Crippen MR) is 130 cm³/mol. The highest BCUT2D eigenvalue weighted by Gasteiger charge is 2.22. The summed E-state index contributed by atoms with van der Waals surface area (Å²) >= 11 is 3.47. The number of carbonyl (C=O) groups is 1. The molecule has 0 bridgehead atoms. The van der Waals surface area contributed by atoms with Gasteiger partial charge in [-0.1, -0.05) is 6.07 Å². The van der Waals surface area contributed by atoms with Gasteiger partial charge in [-0.2, -0.15) is 5.26 Å². The van der Waals surface area contributed by atoms with Crippen LogP contribution in [0.5, 0.6) is 5.88 Å². The molecule has 8 nitrogen and oxygen atoms in total. The molecule has 0 aromatic carbocycles. The SMILES string of the molecule is CCOc1nc(C(=O)NCC2CCN(Cc3cnc(-c4cccs4)s3)CC2)cc(N)c1C#N. The molecule has 3 aromatic rings. The van der Waals surface area contributed by atoms with E-state index in [1.54, 1.807) is 29.6 Å². The normalized spacial score (nSPS) is 14.7. The minimum atomic E-state index is -0.305. The van der Waals surface area contributed by atoms with Gasteiger partial charge in [0.2, 0.25) is 5.88 Å². The number of likely N-dealkylation sites (tertiary alicyclic amines) is 1. The first kappa shape index (κ1) is 23.2. The fourth-order valence-corrected chi connectivity index (χ4v) is 5.56. The second-order valence-electron chi connectivity index (χ2n) is 7.86. The van der Waals surface area contributed by atoms with E-state index in [4.69, 9.17) is 10.5 Å². The summed E-state index contributed by atoms with van der Waals surface area (Å²) < 4.78 is 5.37. The first-order chi connectivity index (χ1) is 16.1. The first-order valence-electron chi connectivity index (χ1n) is 10.9. The fourth-order valence-electron chi connectivity index (χ4n) is 3.80. The number of nitrogens with two attached hydrogens (primary N) is 1. The van der Waals surface area contributed by atoms with Gasteiger partial charge >= 0.3 is 0 Å². The quantitative estimate of drug-likeness (QED) is 0.502. The second-order valence-corrected chi connectivity index (χ2v) is 9.92. The van der Waals surface area contributed by atoms with Crippen molar-refractivity contribution in [1.82, 2.24) is 20.2 Å². The Morgan fingerprint density at radius 2 is 2.24 bits per heavy atom. The van der Waals surface area contributed by atoms with Gasteiger partial charge in [-0.25, -0.2) is 9.97 Å². The number of nitrogens with zero attached hydrogens (tertiary/aromatic N) is 4. The number of piperidine rings is 1. The number of nitrogen functional groups attached to an aromatic ring is 1. The van der Waals surface area contributed by atoms with Gasteiger partial charge in [0.15, 0.2) is 0 Å². The third-order valence-corrected chi connectivity index (χ3v) is 7.59. The average molecular weight is 483 g/mol. The molecule has 3 aromatic heterocycles. The van der Waals surface area contributed by atoms with Crippen LogP contribution in [0.15, 0.2) is 29.8 Å². The lowest BCUT2D eigenvalue weighted by Gasteiger charge is -2.31. The molecule has 0 atom stereocenters. The zero-order valence-electron chi connectivity index (χ0n) is 18.4. The molecule has 4 heterocycles. The number of anilines is 1. The molecule has 1 amide bonds. The largest absolute Gasteiger partial charge is 0.477 e. The summed E-state index contributed by atoms with van der Waals surface area (Å²) in [6.07, 6.45) is 4.02. The summed E-state index contributed by atoms with van der Waals surface area (Å²) in [6, 6.07) is 7.56. The van der Waals surface area contributed by atoms with E-state index in [1.165, 1.54) is 15.8 Å². The van der Waals surface area contributed by atoms with E-state index < -0.39 is 0 Å². The second kappa shape index (κ2) is 10.7. The fraction of sp³-hybridized carbons (Fsp3) is 0.391. The maximum atomic E-state index is 12.6. The molecular formula is C23H26N6O2S2. The molecule has 10 heteroatoms. The lowest BCUT2D eigenvalue weighted by Crippen LogP contribution is -2.38. The molecule has 1 aliphatic rings. The van der Waals surface area contributed by atoms with Crippen LogP contribution in [0.1, 0.15) is 40.7 Å². The van der Waals surface area contributed by atoms with Crippen LogP contribution in [-0.2, 0) is 6.54 Å². The number of hydrogen-bond donors (Lipinski definition) is 2. The Morgan fingerprint density at radius 3 is 2.94 bits per heavy atom. The van der Waals surface area contributed by atoms with Gasteiger partial charge in [0.25, 0.3) is 5.91 Å². The maximum absolute atomic E-state index is 12.6. The zero-order valence-corrected chi connectivity index (χ0v) is 20.0. The van der Waals surface area contributed by atoms with E-state index in [-0.39, 0.29) is 28.7 Å². The van der Waals surface area contributed by atoms with E-state index in [0.29, 0.717) is 19.1 Å². The molecule has 1 saturated heterocycles. The molecular weight excluding hydrogens is 456 g/mol. The standard InChI is InChI=1S/C23H26N6O2S2/c1-2-31-22-17(11-24)18(25)10-19(28-22)21(30)26-12-15-5-7-29(8-6-15)14-16-13-27-23(33-16)20-4-3-9-32-20/h3-4,9-10,13,15H,2,5-8,12,14H2,1H3,(H2,25,28)(H,26,30). The summed E-state index contributed by atoms with van der Waals surface area (Å²) in [5, 5.41) is 15.4. The topological polar surface area (TPSA) is 117 Å². The molecule has 0 saturated carbocycles. The summed E-state index contributed by atoms with van der Waals surface area (Å²) in [5.41, 5.74) is 6.43. The molecule has 33 heavy (non-hydrogen) atoms. The van der Waals surface area contributed by atoms with Crippen molar-refractivity contribution in [1.29, 1.82) is 5.26 Å². The number of rotatable bonds is 8. The molecule has 1 fully saturated rings. The third-order valence-electron chi connectivity index (χ3n) is 5.57. The summed E-state index contributed by atoms with van der Waals surface area (Å²) in [6.45, 7) is 5.60. The van der Waals surface area contributed by atoms with E-state index in [9.17, 15) is 10.1 Å². The van der Waals surface area contributed by atoms with Crippen LogP contribution in [-0.4, -0.2) is 47.0 Å². The molecule has 3 N–H and O–H groups in total. The van der Waals surface area contributed by atoms with Crippen molar-refractivity contribution >= 4 is 34.3 Å². The van der Waals surface area contributed by atoms with Gasteiger partial charge in [-0.15, -0.1) is 22.7 Å². The Morgan fingerprint density at radius 1 is 1.42 bits per heavy atom. The maximum Gasteiger partial charge on any atom is 0.270 e. The highest BCUT2D eigenvalue weighted by Crippen LogP contribution is 2.30. The molecule has 0 spiro atoms. The average Bonchev–Trinajstić information content (AvgIpc) is 3.51. The van der Waals surface area contributed by atoms with E-state index in [2.05, 4.69) is 37.7 Å². The lowest BCUT2D eigenvalue weighted by atomic mass is 9.96. The van der Waals surface area contributed by atoms with E-state index in [0.717, 1.165) is 37.5 Å². The molecule has 0 radical (unpaired) electrons. The van der Waals surface area contributed by atoms with Crippen LogP contribution < -0.4 is 15.8 Å². The Kier molecular flexibility index (Phi) is 7.54. The highest BCUT2D eigenvalue weighted by molar-refractivity contribution is 7.20. The number of thiophene rings is 1. The third kappa shape index (κ3) is 5.68. The number of carbonyl (C=O) groups excluding carboxylic acids is 1. The lowest BCUT2D eigenvalue weighted by molar-refractivity contribution is 0.0929. The zero-order chi connectivity index (χ0) is 23.2. The van der Waals surface area contributed by atoms with Crippen LogP contribution in [0.4, 0.5) is 5.69 Å². The van der Waals surface area contributed by atoms with Crippen molar-refractivity contribution < 1.29 is 9.53 Å². The highest BCUT2D eigenvalue weighted by atomic mass is 32.1. The molecule has 1 aliphatic heterocycles. The van der Waals surface area contributed by atoms with E-state index in [1.807, 2.05) is 12.3 Å². The Hall–Kier alpha value is -3.00. The van der Waals surface area contributed by atoms with Crippen LogP contribution in [0.25, 0.3) is 9.88 Å². The number of nitrogens with one attached hydrogen (secondary N) is 1. The van der Waals surface area contributed by atoms with Gasteiger partial charge < -0.3 is 15.8 Å². The van der Waals surface area contributed by atoms with Crippen molar-refractivity contribution in [2.75, 3.05) is 32.0 Å². The number of nitriles is 1. The summed E-state index contributed by atoms with van der Waals surface area (Å²) in [5.74, 6) is 0.208. The van der Waals surface area contributed by atoms with Gasteiger partial charge in [-0.05, 0) is 56.3 Å². The number of ether oxygens (including phenoxy) is 1. The van der Waals surface area contributed by atoms with Crippen LogP contribution in [0.3, 0.4) is 0 Å². The minimum absolute atomic E-state index is 0.101. The van der Waals surface area contributed by atoms with Crippen molar-refractivity contribution in [2.45, 2.75) is 26.3 Å². The monoisotopic (exact) mass is 482 g/mol. The number of amides is 1. The Balaban J connectivity index is 1.26.